The molecule has 4 aromatic rings. The number of thioether (sulfide) groups is 1. The van der Waals surface area contributed by atoms with Gasteiger partial charge in [-0.15, -0.1) is 0 Å². The molecule has 1 amide bonds. The molecular formula is C25H26N4O3S. The van der Waals surface area contributed by atoms with Crippen molar-refractivity contribution < 1.29 is 14.3 Å². The highest BCUT2D eigenvalue weighted by Gasteiger charge is 2.15. The highest BCUT2D eigenvalue weighted by molar-refractivity contribution is 7.99. The van der Waals surface area contributed by atoms with Crippen molar-refractivity contribution in [1.29, 1.82) is 0 Å². The molecule has 0 saturated heterocycles. The zero-order valence-electron chi connectivity index (χ0n) is 19.3. The second-order valence-corrected chi connectivity index (χ2v) is 8.81. The number of rotatable bonds is 7. The van der Waals surface area contributed by atoms with Gasteiger partial charge in [0.05, 0.1) is 26.2 Å². The van der Waals surface area contributed by atoms with Crippen LogP contribution in [0.3, 0.4) is 0 Å². The predicted molar refractivity (Wildman–Crippen MR) is 132 cm³/mol. The van der Waals surface area contributed by atoms with Crippen LogP contribution < -0.4 is 14.8 Å². The molecule has 0 unspecified atom stereocenters. The number of aromatic nitrogens is 3. The number of aryl methyl sites for hydroxylation is 3. The molecule has 33 heavy (non-hydrogen) atoms. The first-order valence-corrected chi connectivity index (χ1v) is 11.4. The summed E-state index contributed by atoms with van der Waals surface area (Å²) in [6.45, 7) is 5.97. The summed E-state index contributed by atoms with van der Waals surface area (Å²) < 4.78 is 12.6. The number of hydrogen-bond donors (Lipinski definition) is 1. The average Bonchev–Trinajstić information content (AvgIpc) is 3.20. The van der Waals surface area contributed by atoms with Gasteiger partial charge >= 0.3 is 0 Å². The standard InChI is InChI=1S/C25H26N4O3S/c1-15-8-16(2)10-19(9-15)28-23(30)14-33-24-11-17(3)27-25-20(13-26-29(24)25)18-6-7-21(31-4)22(12-18)32-5/h6-13H,14H2,1-5H3,(H,28,30). The maximum Gasteiger partial charge on any atom is 0.234 e. The number of fused-ring (bicyclic) bond motifs is 1. The smallest absolute Gasteiger partial charge is 0.234 e. The summed E-state index contributed by atoms with van der Waals surface area (Å²) in [5.41, 5.74) is 6.41. The Bertz CT molecular complexity index is 1310. The van der Waals surface area contributed by atoms with Crippen LogP contribution in [0, 0.1) is 20.8 Å². The van der Waals surface area contributed by atoms with E-state index in [2.05, 4.69) is 16.5 Å². The molecule has 170 valence electrons. The van der Waals surface area contributed by atoms with Crippen molar-refractivity contribution in [1.82, 2.24) is 14.6 Å². The molecule has 2 heterocycles. The first-order chi connectivity index (χ1) is 15.9. The van der Waals surface area contributed by atoms with Crippen molar-refractivity contribution in [2.45, 2.75) is 25.8 Å². The minimum atomic E-state index is -0.0696. The largest absolute Gasteiger partial charge is 0.493 e. The maximum absolute atomic E-state index is 12.6. The van der Waals surface area contributed by atoms with Crippen LogP contribution in [0.2, 0.25) is 0 Å². The number of nitrogens with zero attached hydrogens (tertiary/aromatic N) is 3. The molecular weight excluding hydrogens is 436 g/mol. The highest BCUT2D eigenvalue weighted by atomic mass is 32.2. The van der Waals surface area contributed by atoms with Crippen LogP contribution in [-0.4, -0.2) is 40.5 Å². The van der Waals surface area contributed by atoms with E-state index >= 15 is 0 Å². The first kappa shape index (κ1) is 22.7. The van der Waals surface area contributed by atoms with Gasteiger partial charge in [-0.3, -0.25) is 4.79 Å². The van der Waals surface area contributed by atoms with Crippen LogP contribution in [-0.2, 0) is 4.79 Å². The predicted octanol–water partition coefficient (Wildman–Crippen LogP) is 5.07. The Labute approximate surface area is 197 Å². The van der Waals surface area contributed by atoms with Gasteiger partial charge < -0.3 is 14.8 Å². The van der Waals surface area contributed by atoms with Crippen LogP contribution >= 0.6 is 11.8 Å². The molecule has 0 atom stereocenters. The fraction of sp³-hybridized carbons (Fsp3) is 0.240. The third-order valence-corrected chi connectivity index (χ3v) is 6.11. The monoisotopic (exact) mass is 462 g/mol. The molecule has 2 aromatic carbocycles. The van der Waals surface area contributed by atoms with Gasteiger partial charge in [0.15, 0.2) is 17.1 Å². The van der Waals surface area contributed by atoms with Gasteiger partial charge in [-0.2, -0.15) is 5.10 Å². The van der Waals surface area contributed by atoms with Gasteiger partial charge in [-0.05, 0) is 67.8 Å². The van der Waals surface area contributed by atoms with Gasteiger partial charge in [-0.1, -0.05) is 23.9 Å². The van der Waals surface area contributed by atoms with Gasteiger partial charge in [-0.25, -0.2) is 9.50 Å². The Kier molecular flexibility index (Phi) is 6.55. The number of carbonyl (C=O) groups excluding carboxylic acids is 1. The van der Waals surface area contributed by atoms with E-state index < -0.39 is 0 Å². The normalized spacial score (nSPS) is 10.9. The van der Waals surface area contributed by atoms with Crippen molar-refractivity contribution >= 4 is 29.0 Å². The Balaban J connectivity index is 1.58. The lowest BCUT2D eigenvalue weighted by molar-refractivity contribution is -0.113. The Morgan fingerprint density at radius 3 is 2.42 bits per heavy atom. The molecule has 0 aliphatic heterocycles. The van der Waals surface area contributed by atoms with Crippen LogP contribution in [0.4, 0.5) is 5.69 Å². The zero-order valence-corrected chi connectivity index (χ0v) is 20.1. The van der Waals surface area contributed by atoms with Crippen LogP contribution in [0.5, 0.6) is 11.5 Å². The minimum Gasteiger partial charge on any atom is -0.493 e. The number of hydrogen-bond acceptors (Lipinski definition) is 6. The fourth-order valence-electron chi connectivity index (χ4n) is 3.74. The van der Waals surface area contributed by atoms with E-state index in [1.165, 1.54) is 11.8 Å². The summed E-state index contributed by atoms with van der Waals surface area (Å²) >= 11 is 1.43. The SMILES string of the molecule is COc1ccc(-c2cnn3c(SCC(=O)Nc4cc(C)cc(C)c4)cc(C)nc23)cc1OC. The van der Waals surface area contributed by atoms with E-state index in [0.717, 1.165) is 44.3 Å². The van der Waals surface area contributed by atoms with Gasteiger partial charge in [0.2, 0.25) is 5.91 Å². The van der Waals surface area contributed by atoms with Crippen LogP contribution in [0.1, 0.15) is 16.8 Å². The lowest BCUT2D eigenvalue weighted by Crippen LogP contribution is -2.14. The summed E-state index contributed by atoms with van der Waals surface area (Å²) in [5.74, 6) is 1.49. The second-order valence-electron chi connectivity index (χ2n) is 7.81. The summed E-state index contributed by atoms with van der Waals surface area (Å²) in [6, 6.07) is 13.7. The van der Waals surface area contributed by atoms with Crippen molar-refractivity contribution in [2.24, 2.45) is 0 Å². The molecule has 2 aromatic heterocycles. The number of ether oxygens (including phenoxy) is 2. The summed E-state index contributed by atoms with van der Waals surface area (Å²) in [5, 5.41) is 8.38. The third kappa shape index (κ3) is 4.96. The topological polar surface area (TPSA) is 77.8 Å². The highest BCUT2D eigenvalue weighted by Crippen LogP contribution is 2.34. The molecule has 8 heteroatoms. The number of benzene rings is 2. The Hall–Kier alpha value is -3.52. The lowest BCUT2D eigenvalue weighted by Gasteiger charge is -2.10. The number of carbonyl (C=O) groups is 1. The quantitative estimate of drug-likeness (QED) is 0.305. The van der Waals surface area contributed by atoms with Crippen LogP contribution in [0.25, 0.3) is 16.8 Å². The molecule has 0 bridgehead atoms. The molecule has 7 nitrogen and oxygen atoms in total. The minimum absolute atomic E-state index is 0.0696. The average molecular weight is 463 g/mol. The lowest BCUT2D eigenvalue weighted by atomic mass is 10.1. The summed E-state index contributed by atoms with van der Waals surface area (Å²) in [4.78, 5) is 17.3. The summed E-state index contributed by atoms with van der Waals surface area (Å²) in [6.07, 6.45) is 1.78. The molecule has 1 N–H and O–H groups in total. The number of nitrogens with one attached hydrogen (secondary N) is 1. The third-order valence-electron chi connectivity index (χ3n) is 5.12. The molecule has 0 spiro atoms. The van der Waals surface area contributed by atoms with E-state index in [0.29, 0.717) is 11.5 Å². The van der Waals surface area contributed by atoms with Crippen molar-refractivity contribution in [3.8, 4) is 22.6 Å². The van der Waals surface area contributed by atoms with Crippen molar-refractivity contribution in [3.63, 3.8) is 0 Å². The van der Waals surface area contributed by atoms with E-state index in [4.69, 9.17) is 14.5 Å². The Morgan fingerprint density at radius 1 is 1.00 bits per heavy atom. The van der Waals surface area contributed by atoms with Crippen molar-refractivity contribution in [3.05, 3.63) is 65.5 Å². The van der Waals surface area contributed by atoms with E-state index in [1.807, 2.05) is 57.2 Å². The summed E-state index contributed by atoms with van der Waals surface area (Å²) in [7, 11) is 3.22. The first-order valence-electron chi connectivity index (χ1n) is 10.5. The van der Waals surface area contributed by atoms with E-state index in [-0.39, 0.29) is 11.7 Å². The second kappa shape index (κ2) is 9.54. The van der Waals surface area contributed by atoms with Gasteiger partial charge in [0.1, 0.15) is 5.03 Å². The zero-order chi connectivity index (χ0) is 23.5. The van der Waals surface area contributed by atoms with E-state index in [1.54, 1.807) is 24.9 Å². The molecule has 0 radical (unpaired) electrons. The molecule has 0 fully saturated rings. The number of anilines is 1. The molecule has 4 rings (SSSR count). The fourth-order valence-corrected chi connectivity index (χ4v) is 4.60. The number of amides is 1. The van der Waals surface area contributed by atoms with E-state index in [9.17, 15) is 4.79 Å². The van der Waals surface area contributed by atoms with Crippen LogP contribution in [0.15, 0.2) is 53.7 Å². The molecule has 0 aliphatic carbocycles. The molecule has 0 aliphatic rings. The van der Waals surface area contributed by atoms with Gasteiger partial charge in [0.25, 0.3) is 0 Å². The molecule has 0 saturated carbocycles. The Morgan fingerprint density at radius 2 is 1.73 bits per heavy atom. The van der Waals surface area contributed by atoms with Gasteiger partial charge in [0, 0.05) is 16.9 Å². The maximum atomic E-state index is 12.6. The van der Waals surface area contributed by atoms with Crippen molar-refractivity contribution in [2.75, 3.05) is 25.3 Å². The number of methoxy groups -OCH3 is 2.